The van der Waals surface area contributed by atoms with Crippen LogP contribution in [0.1, 0.15) is 26.5 Å². The van der Waals surface area contributed by atoms with Crippen LogP contribution in [-0.2, 0) is 6.42 Å². The summed E-state index contributed by atoms with van der Waals surface area (Å²) in [5, 5.41) is 0.627. The molecule has 0 aliphatic rings. The second kappa shape index (κ2) is 4.18. The van der Waals surface area contributed by atoms with Gasteiger partial charge in [-0.05, 0) is 17.9 Å². The molecule has 1 rings (SSSR count). The third-order valence-corrected chi connectivity index (χ3v) is 2.13. The first kappa shape index (κ1) is 11.3. The molecule has 0 unspecified atom stereocenters. The van der Waals surface area contributed by atoms with Crippen molar-refractivity contribution in [3.8, 4) is 5.75 Å². The minimum Gasteiger partial charge on any atom is -0.493 e. The van der Waals surface area contributed by atoms with Crippen LogP contribution in [0.5, 0.6) is 5.75 Å². The van der Waals surface area contributed by atoms with E-state index in [1.165, 1.54) is 0 Å². The van der Waals surface area contributed by atoms with Crippen molar-refractivity contribution in [3.63, 3.8) is 0 Å². The average molecular weight is 214 g/mol. The van der Waals surface area contributed by atoms with Crippen molar-refractivity contribution in [1.82, 2.24) is 4.98 Å². The van der Waals surface area contributed by atoms with Crippen LogP contribution >= 0.6 is 11.6 Å². The molecule has 1 aromatic heterocycles. The Morgan fingerprint density at radius 3 is 2.57 bits per heavy atom. The number of hydrogen-bond acceptors (Lipinski definition) is 2. The molecule has 3 heteroatoms. The fourth-order valence-electron chi connectivity index (χ4n) is 1.31. The number of ether oxygens (including phenoxy) is 1. The van der Waals surface area contributed by atoms with Crippen molar-refractivity contribution in [3.05, 3.63) is 23.0 Å². The van der Waals surface area contributed by atoms with E-state index in [-0.39, 0.29) is 5.41 Å². The van der Waals surface area contributed by atoms with E-state index in [9.17, 15) is 0 Å². The van der Waals surface area contributed by atoms with Crippen LogP contribution in [0.15, 0.2) is 12.3 Å². The minimum absolute atomic E-state index is 0.185. The van der Waals surface area contributed by atoms with Crippen LogP contribution in [0.2, 0.25) is 5.02 Å². The summed E-state index contributed by atoms with van der Waals surface area (Å²) in [6, 6.07) is 1.74. The molecule has 78 valence electrons. The highest BCUT2D eigenvalue weighted by Crippen LogP contribution is 2.31. The van der Waals surface area contributed by atoms with Gasteiger partial charge in [0.1, 0.15) is 0 Å². The lowest BCUT2D eigenvalue weighted by Gasteiger charge is -2.19. The summed E-state index contributed by atoms with van der Waals surface area (Å²) in [6.07, 6.45) is 2.57. The Morgan fingerprint density at radius 2 is 2.07 bits per heavy atom. The number of aromatic nitrogens is 1. The number of nitrogens with zero attached hydrogens (tertiary/aromatic N) is 1. The lowest BCUT2D eigenvalue weighted by Crippen LogP contribution is -2.11. The second-order valence-electron chi connectivity index (χ2n) is 4.51. The van der Waals surface area contributed by atoms with Gasteiger partial charge in [0.15, 0.2) is 5.75 Å². The summed E-state index contributed by atoms with van der Waals surface area (Å²) in [5.74, 6) is 0.698. The Bertz CT molecular complexity index is 318. The molecule has 0 N–H and O–H groups in total. The smallest absolute Gasteiger partial charge is 0.158 e. The second-order valence-corrected chi connectivity index (χ2v) is 4.92. The highest BCUT2D eigenvalue weighted by molar-refractivity contribution is 6.32. The first-order valence-corrected chi connectivity index (χ1v) is 4.99. The molecule has 0 aromatic carbocycles. The summed E-state index contributed by atoms with van der Waals surface area (Å²) in [5.41, 5.74) is 1.11. The molecule has 0 atom stereocenters. The lowest BCUT2D eigenvalue weighted by molar-refractivity contribution is 0.373. The van der Waals surface area contributed by atoms with Crippen molar-refractivity contribution in [1.29, 1.82) is 0 Å². The van der Waals surface area contributed by atoms with Gasteiger partial charge in [-0.25, -0.2) is 0 Å². The molecule has 1 aromatic rings. The van der Waals surface area contributed by atoms with Gasteiger partial charge in [0, 0.05) is 6.20 Å². The van der Waals surface area contributed by atoms with Gasteiger partial charge in [0.05, 0.1) is 17.8 Å². The van der Waals surface area contributed by atoms with Gasteiger partial charge < -0.3 is 4.74 Å². The quantitative estimate of drug-likeness (QED) is 0.752. The summed E-state index contributed by atoms with van der Waals surface area (Å²) < 4.78 is 5.23. The molecule has 0 spiro atoms. The van der Waals surface area contributed by atoms with Crippen molar-refractivity contribution in [2.45, 2.75) is 27.2 Å². The topological polar surface area (TPSA) is 22.1 Å². The van der Waals surface area contributed by atoms with Crippen LogP contribution in [0.4, 0.5) is 0 Å². The minimum atomic E-state index is 0.185. The van der Waals surface area contributed by atoms with Crippen LogP contribution in [-0.4, -0.2) is 12.1 Å². The Balaban J connectivity index is 3.02. The van der Waals surface area contributed by atoms with Crippen LogP contribution in [0.3, 0.4) is 0 Å². The molecule has 0 amide bonds. The predicted molar refractivity (Wildman–Crippen MR) is 59.0 cm³/mol. The standard InChI is InChI=1S/C11H16ClNO/c1-11(2,3)7-9-10(14-4)8(12)5-6-13-9/h5-6H,7H2,1-4H3. The van der Waals surface area contributed by atoms with Gasteiger partial charge in [0.25, 0.3) is 0 Å². The van der Waals surface area contributed by atoms with E-state index in [2.05, 4.69) is 25.8 Å². The molecule has 1 heterocycles. The van der Waals surface area contributed by atoms with Gasteiger partial charge in [-0.1, -0.05) is 32.4 Å². The molecule has 0 bridgehead atoms. The van der Waals surface area contributed by atoms with E-state index in [4.69, 9.17) is 16.3 Å². The largest absolute Gasteiger partial charge is 0.493 e. The molecule has 0 aliphatic carbocycles. The number of hydrogen-bond donors (Lipinski definition) is 0. The van der Waals surface area contributed by atoms with Crippen LogP contribution in [0.25, 0.3) is 0 Å². The van der Waals surface area contributed by atoms with E-state index in [0.717, 1.165) is 12.1 Å². The predicted octanol–water partition coefficient (Wildman–Crippen LogP) is 3.33. The fraction of sp³-hybridized carbons (Fsp3) is 0.545. The summed E-state index contributed by atoms with van der Waals surface area (Å²) in [4.78, 5) is 4.29. The lowest BCUT2D eigenvalue weighted by atomic mass is 9.90. The molecule has 0 saturated heterocycles. The zero-order valence-corrected chi connectivity index (χ0v) is 9.85. The van der Waals surface area contributed by atoms with Crippen LogP contribution < -0.4 is 4.74 Å². The number of halogens is 1. The summed E-state index contributed by atoms with van der Waals surface area (Å²) in [7, 11) is 1.62. The highest BCUT2D eigenvalue weighted by atomic mass is 35.5. The van der Waals surface area contributed by atoms with Crippen LogP contribution in [0, 0.1) is 5.41 Å². The molecular formula is C11H16ClNO. The van der Waals surface area contributed by atoms with Gasteiger partial charge >= 0.3 is 0 Å². The third-order valence-electron chi connectivity index (χ3n) is 1.83. The third kappa shape index (κ3) is 2.88. The molecule has 0 aliphatic heterocycles. The highest BCUT2D eigenvalue weighted by Gasteiger charge is 2.17. The van der Waals surface area contributed by atoms with Crippen molar-refractivity contribution in [2.24, 2.45) is 5.41 Å². The zero-order chi connectivity index (χ0) is 10.8. The number of pyridine rings is 1. The maximum absolute atomic E-state index is 5.99. The van der Waals surface area contributed by atoms with E-state index >= 15 is 0 Å². The molecule has 0 fully saturated rings. The summed E-state index contributed by atoms with van der Waals surface area (Å²) >= 11 is 5.99. The number of methoxy groups -OCH3 is 1. The monoisotopic (exact) mass is 213 g/mol. The first-order chi connectivity index (χ1) is 6.44. The van der Waals surface area contributed by atoms with Crippen molar-refractivity contribution in [2.75, 3.05) is 7.11 Å². The Hall–Kier alpha value is -0.760. The Kier molecular flexibility index (Phi) is 3.38. The van der Waals surface area contributed by atoms with Gasteiger partial charge in [-0.2, -0.15) is 0 Å². The van der Waals surface area contributed by atoms with Crippen molar-refractivity contribution < 1.29 is 4.74 Å². The zero-order valence-electron chi connectivity index (χ0n) is 9.10. The molecule has 14 heavy (non-hydrogen) atoms. The van der Waals surface area contributed by atoms with E-state index in [1.807, 2.05) is 0 Å². The summed E-state index contributed by atoms with van der Waals surface area (Å²) in [6.45, 7) is 6.49. The molecular weight excluding hydrogens is 198 g/mol. The molecule has 0 radical (unpaired) electrons. The average Bonchev–Trinajstić information content (AvgIpc) is 2.01. The Morgan fingerprint density at radius 1 is 1.43 bits per heavy atom. The molecule has 0 saturated carbocycles. The Labute approximate surface area is 90.3 Å². The SMILES string of the molecule is COc1c(Cl)ccnc1CC(C)(C)C. The van der Waals surface area contributed by atoms with E-state index < -0.39 is 0 Å². The maximum atomic E-state index is 5.99. The normalized spacial score (nSPS) is 11.5. The van der Waals surface area contributed by atoms with E-state index in [0.29, 0.717) is 10.8 Å². The maximum Gasteiger partial charge on any atom is 0.158 e. The van der Waals surface area contributed by atoms with Gasteiger partial charge in [0.2, 0.25) is 0 Å². The van der Waals surface area contributed by atoms with Gasteiger partial charge in [-0.15, -0.1) is 0 Å². The van der Waals surface area contributed by atoms with Crippen molar-refractivity contribution >= 4 is 11.6 Å². The number of rotatable bonds is 2. The molecule has 2 nitrogen and oxygen atoms in total. The first-order valence-electron chi connectivity index (χ1n) is 4.61. The fourth-order valence-corrected chi connectivity index (χ4v) is 1.55. The van der Waals surface area contributed by atoms with Gasteiger partial charge in [-0.3, -0.25) is 4.98 Å². The van der Waals surface area contributed by atoms with E-state index in [1.54, 1.807) is 19.4 Å².